The van der Waals surface area contributed by atoms with E-state index in [9.17, 15) is 43.9 Å². The number of carbonyl (C=O) groups is 2. The lowest BCUT2D eigenvalue weighted by atomic mass is 10.2. The summed E-state index contributed by atoms with van der Waals surface area (Å²) in [5.74, 6) is -8.97. The van der Waals surface area contributed by atoms with Crippen molar-refractivity contribution in [2.45, 2.75) is 25.4 Å². The Morgan fingerprint density at radius 1 is 0.553 bits per heavy atom. The zero-order chi connectivity index (χ0) is 35.6. The monoisotopic (exact) mass is 698 g/mol. The van der Waals surface area contributed by atoms with Crippen LogP contribution in [0.15, 0.2) is 36.4 Å². The lowest BCUT2D eigenvalue weighted by molar-refractivity contribution is -0.193. The largest absolute Gasteiger partial charge is 0.490 e. The van der Waals surface area contributed by atoms with Gasteiger partial charge < -0.3 is 24.4 Å². The summed E-state index contributed by atoms with van der Waals surface area (Å²) in [6.07, 6.45) is -10.2. The highest BCUT2D eigenvalue weighted by atomic mass is 19.4. The number of aliphatic carboxylic acids is 2. The Labute approximate surface area is 262 Å². The Morgan fingerprint density at radius 2 is 0.830 bits per heavy atom. The normalized spacial score (nSPS) is 16.4. The van der Waals surface area contributed by atoms with Gasteiger partial charge in [-0.25, -0.2) is 27.2 Å². The van der Waals surface area contributed by atoms with Crippen molar-refractivity contribution in [2.24, 2.45) is 0 Å². The van der Waals surface area contributed by atoms with E-state index in [0.717, 1.165) is 12.1 Å². The number of carboxylic acid groups (broad SMARTS) is 2. The van der Waals surface area contributed by atoms with E-state index in [4.69, 9.17) is 34.0 Å². The van der Waals surface area contributed by atoms with Crippen LogP contribution in [0.25, 0.3) is 0 Å². The summed E-state index contributed by atoms with van der Waals surface area (Å²) < 4.78 is 134. The third-order valence-electron chi connectivity index (χ3n) is 5.84. The van der Waals surface area contributed by atoms with Gasteiger partial charge in [-0.05, 0) is 35.4 Å². The van der Waals surface area contributed by atoms with Crippen LogP contribution in [0.5, 0.6) is 0 Å². The number of ether oxygens (including phenoxy) is 3. The Kier molecular flexibility index (Phi) is 18.2. The van der Waals surface area contributed by atoms with Crippen molar-refractivity contribution >= 4 is 11.9 Å². The molecular formula is C28H32F10N2O7. The summed E-state index contributed by atoms with van der Waals surface area (Å²) in [5, 5.41) is 14.2. The maximum Gasteiger partial charge on any atom is 0.490 e. The molecule has 0 saturated carbocycles. The summed E-state index contributed by atoms with van der Waals surface area (Å²) >= 11 is 0. The van der Waals surface area contributed by atoms with Gasteiger partial charge in [0.1, 0.15) is 0 Å². The number of carboxylic acids is 2. The van der Waals surface area contributed by atoms with Crippen molar-refractivity contribution in [3.8, 4) is 0 Å². The van der Waals surface area contributed by atoms with Gasteiger partial charge in [-0.15, -0.1) is 0 Å². The first-order chi connectivity index (χ1) is 21.9. The quantitative estimate of drug-likeness (QED) is 0.433. The molecule has 0 aromatic heterocycles. The second kappa shape index (κ2) is 20.7. The molecule has 9 nitrogen and oxygen atoms in total. The molecule has 3 rings (SSSR count). The lowest BCUT2D eigenvalue weighted by Gasteiger charge is -2.24. The van der Waals surface area contributed by atoms with Crippen molar-refractivity contribution in [3.63, 3.8) is 0 Å². The average Bonchev–Trinajstić information content (AvgIpc) is 2.97. The minimum absolute atomic E-state index is 0.443. The van der Waals surface area contributed by atoms with Crippen molar-refractivity contribution in [1.82, 2.24) is 9.80 Å². The molecule has 2 N–H and O–H groups in total. The van der Waals surface area contributed by atoms with Gasteiger partial charge in [0.05, 0.1) is 39.6 Å². The molecule has 0 unspecified atom stereocenters. The van der Waals surface area contributed by atoms with Crippen LogP contribution >= 0.6 is 0 Å². The van der Waals surface area contributed by atoms with Gasteiger partial charge in [-0.2, -0.15) is 26.3 Å². The van der Waals surface area contributed by atoms with Crippen molar-refractivity contribution in [3.05, 3.63) is 70.8 Å². The van der Waals surface area contributed by atoms with Gasteiger partial charge in [-0.3, -0.25) is 9.80 Å². The topological polar surface area (TPSA) is 109 Å². The van der Waals surface area contributed by atoms with Crippen LogP contribution in [-0.2, 0) is 36.9 Å². The fraction of sp³-hybridized carbons (Fsp3) is 0.500. The molecule has 0 bridgehead atoms. The van der Waals surface area contributed by atoms with E-state index in [2.05, 4.69) is 9.80 Å². The molecule has 47 heavy (non-hydrogen) atoms. The standard InChI is InChI=1S/C24H30F4N2O3.2C2HF3O2/c25-21-3-1-19(15-23(21)27)17-29-5-9-31-10-6-30(8-12-33-14-13-32-11-7-29)18-20-2-4-22(26)24(28)16-20;2*3-2(4,5)1(6)7/h1-4,15-16H,5-14,17-18H2;2*(H,6,7). The number of nitrogens with zero attached hydrogens (tertiary/aromatic N) is 2. The van der Waals surface area contributed by atoms with Crippen LogP contribution in [0.2, 0.25) is 0 Å². The van der Waals surface area contributed by atoms with E-state index >= 15 is 0 Å². The molecule has 0 atom stereocenters. The molecule has 0 aliphatic carbocycles. The molecule has 0 amide bonds. The van der Waals surface area contributed by atoms with E-state index in [-0.39, 0.29) is 0 Å². The van der Waals surface area contributed by atoms with Crippen LogP contribution < -0.4 is 0 Å². The van der Waals surface area contributed by atoms with E-state index < -0.39 is 47.6 Å². The van der Waals surface area contributed by atoms with Gasteiger partial charge >= 0.3 is 24.3 Å². The van der Waals surface area contributed by atoms with Gasteiger partial charge in [0, 0.05) is 39.3 Å². The highest BCUT2D eigenvalue weighted by molar-refractivity contribution is 5.73. The third kappa shape index (κ3) is 18.4. The molecule has 0 radical (unpaired) electrons. The second-order valence-corrected chi connectivity index (χ2v) is 9.49. The predicted molar refractivity (Wildman–Crippen MR) is 143 cm³/mol. The van der Waals surface area contributed by atoms with Gasteiger partial charge in [0.25, 0.3) is 0 Å². The van der Waals surface area contributed by atoms with E-state index in [0.29, 0.717) is 90.0 Å². The van der Waals surface area contributed by atoms with Gasteiger partial charge in [0.15, 0.2) is 23.3 Å². The van der Waals surface area contributed by atoms with Crippen LogP contribution in [0.4, 0.5) is 43.9 Å². The number of halogens is 10. The summed E-state index contributed by atoms with van der Waals surface area (Å²) in [6.45, 7) is 6.09. The molecule has 2 aromatic rings. The number of alkyl halides is 6. The Bertz CT molecular complexity index is 1160. The first-order valence-electron chi connectivity index (χ1n) is 13.6. The van der Waals surface area contributed by atoms with Crippen LogP contribution in [0, 0.1) is 23.3 Å². The number of hydrogen-bond donors (Lipinski definition) is 2. The molecule has 19 heteroatoms. The first kappa shape index (κ1) is 41.5. The molecule has 2 aromatic carbocycles. The van der Waals surface area contributed by atoms with E-state index in [1.165, 1.54) is 12.1 Å². The third-order valence-corrected chi connectivity index (χ3v) is 5.84. The first-order valence-corrected chi connectivity index (χ1v) is 13.6. The van der Waals surface area contributed by atoms with E-state index in [1.54, 1.807) is 12.1 Å². The summed E-state index contributed by atoms with van der Waals surface area (Å²) in [4.78, 5) is 21.9. The maximum absolute atomic E-state index is 13.6. The number of benzene rings is 2. The Hall–Kier alpha value is -3.52. The van der Waals surface area contributed by atoms with E-state index in [1.807, 2.05) is 0 Å². The maximum atomic E-state index is 13.6. The molecule has 1 saturated heterocycles. The Balaban J connectivity index is 0.000000658. The molecule has 1 aliphatic rings. The van der Waals surface area contributed by atoms with Crippen LogP contribution in [0.3, 0.4) is 0 Å². The second-order valence-electron chi connectivity index (χ2n) is 9.49. The SMILES string of the molecule is Fc1ccc(CN2CCOCCOCCN(Cc3ccc(F)c(F)c3)CCOCC2)cc1F.O=C(O)C(F)(F)F.O=C(O)C(F)(F)F. The van der Waals surface area contributed by atoms with Crippen molar-refractivity contribution in [1.29, 1.82) is 0 Å². The summed E-state index contributed by atoms with van der Waals surface area (Å²) in [7, 11) is 0. The molecule has 266 valence electrons. The predicted octanol–water partition coefficient (Wildman–Crippen LogP) is 4.88. The van der Waals surface area contributed by atoms with Crippen molar-refractivity contribution < 1.29 is 77.9 Å². The fourth-order valence-electron chi connectivity index (χ4n) is 3.53. The molecular weight excluding hydrogens is 666 g/mol. The van der Waals surface area contributed by atoms with Crippen LogP contribution in [0.1, 0.15) is 11.1 Å². The van der Waals surface area contributed by atoms with Crippen molar-refractivity contribution in [2.75, 3.05) is 65.8 Å². The zero-order valence-electron chi connectivity index (χ0n) is 24.6. The minimum Gasteiger partial charge on any atom is -0.475 e. The van der Waals surface area contributed by atoms with Gasteiger partial charge in [0.2, 0.25) is 0 Å². The smallest absolute Gasteiger partial charge is 0.475 e. The molecule has 1 aliphatic heterocycles. The van der Waals surface area contributed by atoms with Gasteiger partial charge in [-0.1, -0.05) is 12.1 Å². The minimum atomic E-state index is -5.08. The highest BCUT2D eigenvalue weighted by Crippen LogP contribution is 2.15. The fourth-order valence-corrected chi connectivity index (χ4v) is 3.53. The summed E-state index contributed by atoms with van der Waals surface area (Å²) in [6, 6.07) is 7.81. The summed E-state index contributed by atoms with van der Waals surface area (Å²) in [5.41, 5.74) is 1.35. The molecule has 1 fully saturated rings. The average molecular weight is 699 g/mol. The highest BCUT2D eigenvalue weighted by Gasteiger charge is 2.38. The van der Waals surface area contributed by atoms with Crippen LogP contribution in [-0.4, -0.2) is 110 Å². The lowest BCUT2D eigenvalue weighted by Crippen LogP contribution is -2.33. The zero-order valence-corrected chi connectivity index (χ0v) is 24.6. The molecule has 1 heterocycles. The number of rotatable bonds is 4. The Morgan fingerprint density at radius 3 is 1.09 bits per heavy atom. The molecule has 0 spiro atoms. The number of hydrogen-bond acceptors (Lipinski definition) is 7.